The van der Waals surface area contributed by atoms with Gasteiger partial charge in [-0.15, -0.1) is 12.4 Å². The van der Waals surface area contributed by atoms with Gasteiger partial charge in [0.1, 0.15) is 5.75 Å². The molecular formula is C10H10ClNO2. The number of fused-ring (bicyclic) bond motifs is 1. The molecule has 0 saturated heterocycles. The first-order valence-corrected chi connectivity index (χ1v) is 3.98. The van der Waals surface area contributed by atoms with Gasteiger partial charge in [0, 0.05) is 12.1 Å². The number of halogens is 1. The smallest absolute Gasteiger partial charge is 0.227 e. The fourth-order valence-electron chi connectivity index (χ4n) is 1.36. The third-order valence-electron chi connectivity index (χ3n) is 1.99. The Balaban J connectivity index is 0.000000980. The van der Waals surface area contributed by atoms with Crippen molar-refractivity contribution in [3.05, 3.63) is 41.7 Å². The van der Waals surface area contributed by atoms with Crippen LogP contribution < -0.4 is 9.47 Å². The Morgan fingerprint density at radius 1 is 1.21 bits per heavy atom. The number of ether oxygens (including phenoxy) is 1. The summed E-state index contributed by atoms with van der Waals surface area (Å²) in [7, 11) is 1.59. The van der Waals surface area contributed by atoms with Crippen molar-refractivity contribution in [1.82, 2.24) is 0 Å². The minimum Gasteiger partial charge on any atom is -0.618 e. The van der Waals surface area contributed by atoms with Crippen molar-refractivity contribution in [1.29, 1.82) is 0 Å². The SMILES string of the molecule is COc1cc[n+]([O-])c2ccccc12.Cl. The summed E-state index contributed by atoms with van der Waals surface area (Å²) < 4.78 is 5.96. The van der Waals surface area contributed by atoms with Crippen LogP contribution >= 0.6 is 12.4 Å². The number of rotatable bonds is 1. The molecule has 2 rings (SSSR count). The van der Waals surface area contributed by atoms with Crippen LogP contribution in [0.1, 0.15) is 0 Å². The van der Waals surface area contributed by atoms with Gasteiger partial charge < -0.3 is 9.94 Å². The van der Waals surface area contributed by atoms with E-state index in [1.165, 1.54) is 6.20 Å². The Kier molecular flexibility index (Phi) is 3.14. The van der Waals surface area contributed by atoms with Gasteiger partial charge in [-0.25, -0.2) is 0 Å². The van der Waals surface area contributed by atoms with Gasteiger partial charge >= 0.3 is 0 Å². The van der Waals surface area contributed by atoms with Crippen LogP contribution in [0.4, 0.5) is 0 Å². The van der Waals surface area contributed by atoms with Gasteiger partial charge in [-0.1, -0.05) is 12.1 Å². The second kappa shape index (κ2) is 4.15. The third kappa shape index (κ3) is 1.59. The predicted molar refractivity (Wildman–Crippen MR) is 56.7 cm³/mol. The fraction of sp³-hybridized carbons (Fsp3) is 0.100. The summed E-state index contributed by atoms with van der Waals surface area (Å²) in [6.45, 7) is 0. The highest BCUT2D eigenvalue weighted by Crippen LogP contribution is 2.21. The van der Waals surface area contributed by atoms with Crippen molar-refractivity contribution < 1.29 is 9.47 Å². The second-order valence-corrected chi connectivity index (χ2v) is 2.73. The highest BCUT2D eigenvalue weighted by atomic mass is 35.5. The second-order valence-electron chi connectivity index (χ2n) is 2.73. The van der Waals surface area contributed by atoms with Gasteiger partial charge in [-0.2, -0.15) is 4.73 Å². The Morgan fingerprint density at radius 2 is 1.93 bits per heavy atom. The van der Waals surface area contributed by atoms with E-state index in [-0.39, 0.29) is 12.4 Å². The first kappa shape index (κ1) is 10.6. The molecule has 1 aromatic carbocycles. The van der Waals surface area contributed by atoms with E-state index in [9.17, 15) is 5.21 Å². The third-order valence-corrected chi connectivity index (χ3v) is 1.99. The summed E-state index contributed by atoms with van der Waals surface area (Å²) >= 11 is 0. The van der Waals surface area contributed by atoms with Gasteiger partial charge in [0.25, 0.3) is 0 Å². The lowest BCUT2D eigenvalue weighted by molar-refractivity contribution is -0.577. The van der Waals surface area contributed by atoms with E-state index in [1.54, 1.807) is 19.2 Å². The molecule has 0 aliphatic rings. The first-order valence-electron chi connectivity index (χ1n) is 3.98. The lowest BCUT2D eigenvalue weighted by atomic mass is 10.2. The summed E-state index contributed by atoms with van der Waals surface area (Å²) in [5.41, 5.74) is 0.627. The lowest BCUT2D eigenvalue weighted by Gasteiger charge is -2.04. The number of methoxy groups -OCH3 is 1. The molecule has 0 unspecified atom stereocenters. The molecule has 74 valence electrons. The molecule has 14 heavy (non-hydrogen) atoms. The molecule has 0 atom stereocenters. The number of hydrogen-bond acceptors (Lipinski definition) is 2. The summed E-state index contributed by atoms with van der Waals surface area (Å²) in [6.07, 6.45) is 1.45. The fourth-order valence-corrected chi connectivity index (χ4v) is 1.36. The highest BCUT2D eigenvalue weighted by molar-refractivity contribution is 5.85. The molecule has 0 bridgehead atoms. The number of hydrogen-bond donors (Lipinski definition) is 0. The number of benzene rings is 1. The van der Waals surface area contributed by atoms with Gasteiger partial charge in [0.2, 0.25) is 5.52 Å². The average molecular weight is 212 g/mol. The van der Waals surface area contributed by atoms with Gasteiger partial charge in [0.05, 0.1) is 12.5 Å². The Bertz CT molecular complexity index is 445. The molecule has 0 fully saturated rings. The zero-order chi connectivity index (χ0) is 9.26. The first-order chi connectivity index (χ1) is 6.33. The maximum atomic E-state index is 11.3. The number of nitrogens with zero attached hydrogens (tertiary/aromatic N) is 1. The highest BCUT2D eigenvalue weighted by Gasteiger charge is 2.06. The van der Waals surface area contributed by atoms with Crippen molar-refractivity contribution in [3.63, 3.8) is 0 Å². The van der Waals surface area contributed by atoms with Crippen molar-refractivity contribution in [2.45, 2.75) is 0 Å². The molecule has 3 nitrogen and oxygen atoms in total. The molecular weight excluding hydrogens is 202 g/mol. The van der Waals surface area contributed by atoms with Crippen molar-refractivity contribution in [3.8, 4) is 5.75 Å². The van der Waals surface area contributed by atoms with Crippen molar-refractivity contribution in [2.75, 3.05) is 7.11 Å². The molecule has 0 N–H and O–H groups in total. The van der Waals surface area contributed by atoms with E-state index < -0.39 is 0 Å². The molecule has 4 heteroatoms. The van der Waals surface area contributed by atoms with Gasteiger partial charge in [-0.3, -0.25) is 0 Å². The standard InChI is InChI=1S/C10H9NO2.ClH/c1-13-10-6-7-11(12)9-5-3-2-4-8(9)10;/h2-7H,1H3;1H. The van der Waals surface area contributed by atoms with Crippen molar-refractivity contribution in [2.24, 2.45) is 0 Å². The number of aromatic nitrogens is 1. The molecule has 2 aromatic rings. The molecule has 0 radical (unpaired) electrons. The van der Waals surface area contributed by atoms with Crippen LogP contribution in [0.5, 0.6) is 5.75 Å². The van der Waals surface area contributed by atoms with Gasteiger partial charge in [-0.05, 0) is 6.07 Å². The zero-order valence-corrected chi connectivity index (χ0v) is 8.45. The van der Waals surface area contributed by atoms with E-state index >= 15 is 0 Å². The minimum atomic E-state index is 0. The van der Waals surface area contributed by atoms with Crippen LogP contribution in [0.25, 0.3) is 10.9 Å². The molecule has 0 spiro atoms. The van der Waals surface area contributed by atoms with Crippen LogP contribution in [-0.2, 0) is 0 Å². The maximum Gasteiger partial charge on any atom is 0.227 e. The van der Waals surface area contributed by atoms with Crippen LogP contribution in [0.2, 0.25) is 0 Å². The van der Waals surface area contributed by atoms with E-state index in [0.29, 0.717) is 5.52 Å². The Morgan fingerprint density at radius 3 is 2.64 bits per heavy atom. The molecule has 0 aliphatic heterocycles. The summed E-state index contributed by atoms with van der Waals surface area (Å²) in [5.74, 6) is 0.725. The van der Waals surface area contributed by atoms with Crippen LogP contribution in [-0.4, -0.2) is 7.11 Å². The lowest BCUT2D eigenvalue weighted by Crippen LogP contribution is -2.25. The topological polar surface area (TPSA) is 36.2 Å². The Labute approximate surface area is 87.9 Å². The van der Waals surface area contributed by atoms with E-state index in [0.717, 1.165) is 15.9 Å². The van der Waals surface area contributed by atoms with Crippen molar-refractivity contribution >= 4 is 23.3 Å². The monoisotopic (exact) mass is 211 g/mol. The Hall–Kier alpha value is -1.48. The maximum absolute atomic E-state index is 11.3. The molecule has 0 aliphatic carbocycles. The number of pyridine rings is 1. The van der Waals surface area contributed by atoms with E-state index in [1.807, 2.05) is 18.2 Å². The zero-order valence-electron chi connectivity index (χ0n) is 7.64. The van der Waals surface area contributed by atoms with Crippen LogP contribution in [0.15, 0.2) is 36.5 Å². The molecule has 0 amide bonds. The largest absolute Gasteiger partial charge is 0.618 e. The average Bonchev–Trinajstić information content (AvgIpc) is 2.19. The predicted octanol–water partition coefficient (Wildman–Crippen LogP) is 1.90. The van der Waals surface area contributed by atoms with E-state index in [2.05, 4.69) is 0 Å². The molecule has 1 heterocycles. The minimum absolute atomic E-state index is 0. The normalized spacial score (nSPS) is 9.50. The molecule has 1 aromatic heterocycles. The summed E-state index contributed by atoms with van der Waals surface area (Å²) in [5, 5.41) is 12.1. The van der Waals surface area contributed by atoms with Crippen LogP contribution in [0, 0.1) is 5.21 Å². The molecule has 0 saturated carbocycles. The summed E-state index contributed by atoms with van der Waals surface area (Å²) in [6, 6.07) is 9.00. The summed E-state index contributed by atoms with van der Waals surface area (Å²) in [4.78, 5) is 0. The van der Waals surface area contributed by atoms with E-state index in [4.69, 9.17) is 4.74 Å². The van der Waals surface area contributed by atoms with Crippen LogP contribution in [0.3, 0.4) is 0 Å². The number of para-hydroxylation sites is 1. The quantitative estimate of drug-likeness (QED) is 0.534. The van der Waals surface area contributed by atoms with Gasteiger partial charge in [0.15, 0.2) is 6.20 Å².